The highest BCUT2D eigenvalue weighted by molar-refractivity contribution is 9.10. The van der Waals surface area contributed by atoms with Gasteiger partial charge in [0, 0.05) is 16.6 Å². The molecule has 108 valence electrons. The largest absolute Gasteiger partial charge is 0.467 e. The van der Waals surface area contributed by atoms with Crippen molar-refractivity contribution in [2.75, 3.05) is 13.7 Å². The number of carbonyl (C=O) groups is 2. The number of carbonyl (C=O) groups excluding carboxylic acids is 2. The van der Waals surface area contributed by atoms with E-state index in [-0.39, 0.29) is 11.9 Å². The van der Waals surface area contributed by atoms with Gasteiger partial charge in [-0.1, -0.05) is 22.0 Å². The Balaban J connectivity index is 2.30. The summed E-state index contributed by atoms with van der Waals surface area (Å²) < 4.78 is 5.72. The minimum Gasteiger partial charge on any atom is -0.467 e. The van der Waals surface area contributed by atoms with Gasteiger partial charge in [0.15, 0.2) is 0 Å². The number of amides is 1. The molecule has 1 fully saturated rings. The lowest BCUT2D eigenvalue weighted by atomic mass is 9.99. The van der Waals surface area contributed by atoms with Crippen LogP contribution in [0.15, 0.2) is 22.7 Å². The first-order chi connectivity index (χ1) is 9.56. The van der Waals surface area contributed by atoms with Crippen LogP contribution in [0.4, 0.5) is 0 Å². The SMILES string of the molecule is COC(=O)C1CCCCN1C(=O)c1cccc(Br)c1C. The number of ether oxygens (including phenoxy) is 1. The van der Waals surface area contributed by atoms with Gasteiger partial charge in [-0.25, -0.2) is 4.79 Å². The molecule has 1 aliphatic rings. The minimum atomic E-state index is -0.459. The summed E-state index contributed by atoms with van der Waals surface area (Å²) >= 11 is 3.43. The Morgan fingerprint density at radius 3 is 2.80 bits per heavy atom. The van der Waals surface area contributed by atoms with E-state index in [1.807, 2.05) is 19.1 Å². The molecule has 1 saturated heterocycles. The molecule has 1 heterocycles. The average Bonchev–Trinajstić information content (AvgIpc) is 2.48. The van der Waals surface area contributed by atoms with Gasteiger partial charge >= 0.3 is 5.97 Å². The highest BCUT2D eigenvalue weighted by atomic mass is 79.9. The summed E-state index contributed by atoms with van der Waals surface area (Å²) in [5.41, 5.74) is 1.53. The van der Waals surface area contributed by atoms with Gasteiger partial charge in [-0.3, -0.25) is 4.79 Å². The zero-order chi connectivity index (χ0) is 14.7. The maximum absolute atomic E-state index is 12.7. The smallest absolute Gasteiger partial charge is 0.328 e. The molecule has 20 heavy (non-hydrogen) atoms. The first kappa shape index (κ1) is 15.0. The second-order valence-corrected chi connectivity index (χ2v) is 5.80. The van der Waals surface area contributed by atoms with Crippen LogP contribution in [0.25, 0.3) is 0 Å². The predicted octanol–water partition coefficient (Wildman–Crippen LogP) is 2.93. The van der Waals surface area contributed by atoms with E-state index < -0.39 is 6.04 Å². The minimum absolute atomic E-state index is 0.0982. The second-order valence-electron chi connectivity index (χ2n) is 4.95. The number of halogens is 1. The van der Waals surface area contributed by atoms with Gasteiger partial charge in [-0.05, 0) is 43.9 Å². The third-order valence-corrected chi connectivity index (χ3v) is 4.59. The normalized spacial score (nSPS) is 18.8. The molecule has 4 nitrogen and oxygen atoms in total. The lowest BCUT2D eigenvalue weighted by Gasteiger charge is -2.34. The summed E-state index contributed by atoms with van der Waals surface area (Å²) in [6.07, 6.45) is 2.54. The van der Waals surface area contributed by atoms with Crippen molar-refractivity contribution in [1.29, 1.82) is 0 Å². The average molecular weight is 340 g/mol. The molecule has 1 amide bonds. The molecule has 0 saturated carbocycles. The van der Waals surface area contributed by atoms with Gasteiger partial charge in [0.05, 0.1) is 7.11 Å². The third kappa shape index (κ3) is 2.87. The number of likely N-dealkylation sites (tertiary alicyclic amines) is 1. The second kappa shape index (κ2) is 6.39. The standard InChI is InChI=1S/C15H18BrNO3/c1-10-11(6-5-7-12(10)16)14(18)17-9-4-3-8-13(17)15(19)20-2/h5-7,13H,3-4,8-9H2,1-2H3. The summed E-state index contributed by atoms with van der Waals surface area (Å²) in [6, 6.07) is 5.08. The van der Waals surface area contributed by atoms with Crippen LogP contribution < -0.4 is 0 Å². The van der Waals surface area contributed by atoms with Crippen molar-refractivity contribution in [1.82, 2.24) is 4.90 Å². The maximum atomic E-state index is 12.7. The fraction of sp³-hybridized carbons (Fsp3) is 0.467. The van der Waals surface area contributed by atoms with E-state index in [9.17, 15) is 9.59 Å². The summed E-state index contributed by atoms with van der Waals surface area (Å²) in [7, 11) is 1.37. The molecule has 1 atom stereocenters. The summed E-state index contributed by atoms with van der Waals surface area (Å²) in [5.74, 6) is -0.426. The quantitative estimate of drug-likeness (QED) is 0.778. The van der Waals surface area contributed by atoms with Crippen LogP contribution in [0, 0.1) is 6.92 Å². The Hall–Kier alpha value is -1.36. The molecule has 5 heteroatoms. The predicted molar refractivity (Wildman–Crippen MR) is 79.6 cm³/mol. The fourth-order valence-electron chi connectivity index (χ4n) is 2.55. The zero-order valence-corrected chi connectivity index (χ0v) is 13.3. The molecule has 1 aromatic carbocycles. The number of piperidine rings is 1. The van der Waals surface area contributed by atoms with Crippen LogP contribution in [0.1, 0.15) is 35.2 Å². The molecule has 0 N–H and O–H groups in total. The van der Waals surface area contributed by atoms with Crippen LogP contribution in [0.5, 0.6) is 0 Å². The zero-order valence-electron chi connectivity index (χ0n) is 11.7. The van der Waals surface area contributed by atoms with Crippen molar-refractivity contribution < 1.29 is 14.3 Å². The van der Waals surface area contributed by atoms with E-state index in [2.05, 4.69) is 15.9 Å². The van der Waals surface area contributed by atoms with Crippen LogP contribution in [0.3, 0.4) is 0 Å². The Morgan fingerprint density at radius 1 is 1.35 bits per heavy atom. The fourth-order valence-corrected chi connectivity index (χ4v) is 2.92. The number of nitrogens with zero attached hydrogens (tertiary/aromatic N) is 1. The lowest BCUT2D eigenvalue weighted by Crippen LogP contribution is -2.48. The molecule has 0 spiro atoms. The third-order valence-electron chi connectivity index (χ3n) is 3.74. The molecular formula is C15H18BrNO3. The first-order valence-electron chi connectivity index (χ1n) is 6.70. The van der Waals surface area contributed by atoms with Gasteiger partial charge in [-0.15, -0.1) is 0 Å². The molecule has 2 rings (SSSR count). The van der Waals surface area contributed by atoms with Crippen LogP contribution in [-0.4, -0.2) is 36.5 Å². The number of benzene rings is 1. The number of esters is 1. The van der Waals surface area contributed by atoms with Crippen molar-refractivity contribution in [3.8, 4) is 0 Å². The number of methoxy groups -OCH3 is 1. The van der Waals surface area contributed by atoms with E-state index in [0.717, 1.165) is 22.9 Å². The molecule has 0 bridgehead atoms. The van der Waals surface area contributed by atoms with E-state index >= 15 is 0 Å². The van der Waals surface area contributed by atoms with E-state index in [1.165, 1.54) is 7.11 Å². The van der Waals surface area contributed by atoms with Gasteiger partial charge in [-0.2, -0.15) is 0 Å². The van der Waals surface area contributed by atoms with Crippen molar-refractivity contribution in [2.24, 2.45) is 0 Å². The highest BCUT2D eigenvalue weighted by Crippen LogP contribution is 2.25. The highest BCUT2D eigenvalue weighted by Gasteiger charge is 2.33. The van der Waals surface area contributed by atoms with Crippen LogP contribution in [-0.2, 0) is 9.53 Å². The molecule has 1 aromatic rings. The summed E-state index contributed by atoms with van der Waals surface area (Å²) in [5, 5.41) is 0. The molecule has 0 radical (unpaired) electrons. The Bertz CT molecular complexity index is 530. The Kier molecular flexibility index (Phi) is 4.81. The van der Waals surface area contributed by atoms with E-state index in [1.54, 1.807) is 11.0 Å². The number of rotatable bonds is 2. The number of hydrogen-bond acceptors (Lipinski definition) is 3. The van der Waals surface area contributed by atoms with Crippen molar-refractivity contribution in [3.63, 3.8) is 0 Å². The van der Waals surface area contributed by atoms with Crippen molar-refractivity contribution >= 4 is 27.8 Å². The Morgan fingerprint density at radius 2 is 2.10 bits per heavy atom. The topological polar surface area (TPSA) is 46.6 Å². The van der Waals surface area contributed by atoms with E-state index in [4.69, 9.17) is 4.74 Å². The molecule has 0 aliphatic carbocycles. The lowest BCUT2D eigenvalue weighted by molar-refractivity contribution is -0.147. The van der Waals surface area contributed by atoms with Crippen LogP contribution in [0.2, 0.25) is 0 Å². The monoisotopic (exact) mass is 339 g/mol. The number of hydrogen-bond donors (Lipinski definition) is 0. The maximum Gasteiger partial charge on any atom is 0.328 e. The molecule has 1 unspecified atom stereocenters. The molecule has 0 aromatic heterocycles. The summed E-state index contributed by atoms with van der Waals surface area (Å²) in [4.78, 5) is 26.2. The Labute approximate surface area is 127 Å². The van der Waals surface area contributed by atoms with Gasteiger partial charge in [0.1, 0.15) is 6.04 Å². The summed E-state index contributed by atoms with van der Waals surface area (Å²) in [6.45, 7) is 2.50. The van der Waals surface area contributed by atoms with Crippen molar-refractivity contribution in [3.05, 3.63) is 33.8 Å². The van der Waals surface area contributed by atoms with Crippen LogP contribution >= 0.6 is 15.9 Å². The van der Waals surface area contributed by atoms with E-state index in [0.29, 0.717) is 18.5 Å². The van der Waals surface area contributed by atoms with Gasteiger partial charge in [0.25, 0.3) is 5.91 Å². The molecule has 1 aliphatic heterocycles. The first-order valence-corrected chi connectivity index (χ1v) is 7.49. The van der Waals surface area contributed by atoms with Gasteiger partial charge < -0.3 is 9.64 Å². The molecular weight excluding hydrogens is 322 g/mol. The van der Waals surface area contributed by atoms with Gasteiger partial charge in [0.2, 0.25) is 0 Å². The van der Waals surface area contributed by atoms with Crippen molar-refractivity contribution in [2.45, 2.75) is 32.2 Å².